The summed E-state index contributed by atoms with van der Waals surface area (Å²) in [4.78, 5) is 23.7. The first-order valence-corrected chi connectivity index (χ1v) is 6.14. The van der Waals surface area contributed by atoms with Crippen molar-refractivity contribution in [2.24, 2.45) is 0 Å². The van der Waals surface area contributed by atoms with E-state index in [0.717, 1.165) is 0 Å². The van der Waals surface area contributed by atoms with Gasteiger partial charge >= 0.3 is 0 Å². The van der Waals surface area contributed by atoms with Gasteiger partial charge in [0.2, 0.25) is 11.9 Å². The molecule has 1 heterocycles. The van der Waals surface area contributed by atoms with Crippen molar-refractivity contribution in [1.29, 1.82) is 0 Å². The van der Waals surface area contributed by atoms with Gasteiger partial charge in [-0.15, -0.1) is 29.3 Å². The van der Waals surface area contributed by atoms with E-state index in [1.54, 1.807) is 19.1 Å². The van der Waals surface area contributed by atoms with Crippen LogP contribution in [0.25, 0.3) is 0 Å². The molecule has 7 nitrogen and oxygen atoms in total. The number of hydrogen-bond donors (Lipinski definition) is 1. The quantitative estimate of drug-likeness (QED) is 0.654. The van der Waals surface area contributed by atoms with Gasteiger partial charge in [-0.2, -0.15) is 0 Å². The molecule has 1 N–H and O–H groups in total. The van der Waals surface area contributed by atoms with Crippen molar-refractivity contribution in [3.63, 3.8) is 0 Å². The zero-order valence-corrected chi connectivity index (χ0v) is 14.9. The molecule has 1 aromatic carbocycles. The topological polar surface area (TPSA) is 89.8 Å². The van der Waals surface area contributed by atoms with Gasteiger partial charge in [0, 0.05) is 39.3 Å². The number of rotatable bonds is 4. The second-order valence-electron chi connectivity index (χ2n) is 4.22. The molecule has 8 heteroatoms. The van der Waals surface area contributed by atoms with E-state index in [0.29, 0.717) is 23.2 Å². The number of tetrazole rings is 1. The van der Waals surface area contributed by atoms with Gasteiger partial charge in [-0.3, -0.25) is 10.1 Å². The second kappa shape index (κ2) is 7.52. The van der Waals surface area contributed by atoms with Gasteiger partial charge in [-0.25, -0.2) is 4.68 Å². The number of aryl methyl sites for hydroxylation is 1. The van der Waals surface area contributed by atoms with Gasteiger partial charge in [0.15, 0.2) is 0 Å². The number of aromatic nitrogens is 4. The molecular weight excluding hydrogens is 347 g/mol. The van der Waals surface area contributed by atoms with Crippen LogP contribution in [0.15, 0.2) is 12.1 Å². The molecule has 2 aromatic rings. The third-order valence-electron chi connectivity index (χ3n) is 2.91. The Morgan fingerprint density at radius 1 is 1.43 bits per heavy atom. The van der Waals surface area contributed by atoms with Crippen molar-refractivity contribution in [2.75, 3.05) is 5.32 Å². The van der Waals surface area contributed by atoms with E-state index >= 15 is 0 Å². The van der Waals surface area contributed by atoms with Crippen LogP contribution in [0.5, 0.6) is 0 Å². The van der Waals surface area contributed by atoms with E-state index < -0.39 is 0 Å². The van der Waals surface area contributed by atoms with Crippen LogP contribution < -0.4 is 5.32 Å². The van der Waals surface area contributed by atoms with Crippen LogP contribution in [-0.2, 0) is 39.3 Å². The number of Topliss-reactive ketones (excluding diaryl/α,β-unsaturated/α-hetero) is 1. The fourth-order valence-corrected chi connectivity index (χ4v) is 1.86. The predicted molar refractivity (Wildman–Crippen MR) is 71.5 cm³/mol. The number of hydrogen-bond acceptors (Lipinski definition) is 5. The zero-order valence-electron chi connectivity index (χ0n) is 12.0. The number of carbonyl (C=O) groups is 2. The Kier molecular flexibility index (Phi) is 6.29. The van der Waals surface area contributed by atoms with E-state index in [9.17, 15) is 9.59 Å². The Morgan fingerprint density at radius 3 is 2.76 bits per heavy atom. The summed E-state index contributed by atoms with van der Waals surface area (Å²) in [6.45, 7) is 5.56. The molecule has 0 bridgehead atoms. The molecule has 0 spiro atoms. The molecule has 0 aliphatic heterocycles. The Labute approximate surface area is 147 Å². The van der Waals surface area contributed by atoms with Crippen LogP contribution in [0.3, 0.4) is 0 Å². The SMILES string of the molecule is CCn1nnnc1NC(=O)c1cc[c-]c(C(C)=O)c1C.[Y]. The molecule has 0 saturated heterocycles. The maximum Gasteiger partial charge on any atom is 0.249 e. The minimum atomic E-state index is -0.358. The van der Waals surface area contributed by atoms with Crippen molar-refractivity contribution in [3.05, 3.63) is 34.9 Å². The first-order chi connectivity index (χ1) is 9.54. The number of nitrogens with zero attached hydrogens (tertiary/aromatic N) is 4. The van der Waals surface area contributed by atoms with Crippen LogP contribution in [0.1, 0.15) is 40.1 Å². The van der Waals surface area contributed by atoms with Gasteiger partial charge in [0.25, 0.3) is 0 Å². The van der Waals surface area contributed by atoms with Crippen LogP contribution in [0, 0.1) is 13.0 Å². The molecule has 21 heavy (non-hydrogen) atoms. The summed E-state index contributed by atoms with van der Waals surface area (Å²) < 4.78 is 1.47. The molecule has 1 amide bonds. The molecule has 0 fully saturated rings. The summed E-state index contributed by atoms with van der Waals surface area (Å²) in [5.41, 5.74) is 1.40. The van der Waals surface area contributed by atoms with E-state index in [1.807, 2.05) is 6.92 Å². The molecule has 0 unspecified atom stereocenters. The fourth-order valence-electron chi connectivity index (χ4n) is 1.86. The van der Waals surface area contributed by atoms with Crippen molar-refractivity contribution in [2.45, 2.75) is 27.3 Å². The largest absolute Gasteiger partial charge is 0.352 e. The fraction of sp³-hybridized carbons (Fsp3) is 0.308. The molecule has 2 rings (SSSR count). The van der Waals surface area contributed by atoms with E-state index in [4.69, 9.17) is 0 Å². The number of carbonyl (C=O) groups excluding carboxylic acids is 2. The average molecular weight is 361 g/mol. The summed E-state index contributed by atoms with van der Waals surface area (Å²) in [7, 11) is 0. The van der Waals surface area contributed by atoms with Gasteiger partial charge in [0.1, 0.15) is 0 Å². The molecule has 0 aliphatic rings. The van der Waals surface area contributed by atoms with Gasteiger partial charge in [0.05, 0.1) is 5.78 Å². The summed E-state index contributed by atoms with van der Waals surface area (Å²) in [5.74, 6) is -0.215. The van der Waals surface area contributed by atoms with E-state index in [-0.39, 0.29) is 50.3 Å². The summed E-state index contributed by atoms with van der Waals surface area (Å²) in [5, 5.41) is 13.6. The third-order valence-corrected chi connectivity index (χ3v) is 2.91. The molecule has 1 radical (unpaired) electrons. The van der Waals surface area contributed by atoms with Crippen LogP contribution in [0.2, 0.25) is 0 Å². The average Bonchev–Trinajstić information content (AvgIpc) is 2.85. The number of nitrogens with one attached hydrogen (secondary N) is 1. The molecule has 0 aliphatic carbocycles. The smallest absolute Gasteiger partial charge is 0.249 e. The maximum atomic E-state index is 12.2. The van der Waals surface area contributed by atoms with Gasteiger partial charge < -0.3 is 4.79 Å². The molecular formula is C13H14N5O2Y-. The summed E-state index contributed by atoms with van der Waals surface area (Å²) in [6.07, 6.45) is 0. The van der Waals surface area contributed by atoms with Crippen molar-refractivity contribution in [3.8, 4) is 0 Å². The Balaban J connectivity index is 0.00000220. The van der Waals surface area contributed by atoms with Crippen LogP contribution in [0.4, 0.5) is 5.95 Å². The Bertz CT molecular complexity index is 668. The summed E-state index contributed by atoms with van der Waals surface area (Å²) in [6, 6.07) is 6.00. The maximum absolute atomic E-state index is 12.2. The Hall–Kier alpha value is -1.47. The molecule has 0 saturated carbocycles. The molecule has 107 valence electrons. The third kappa shape index (κ3) is 3.80. The first-order valence-electron chi connectivity index (χ1n) is 6.14. The van der Waals surface area contributed by atoms with Gasteiger partial charge in [-0.05, 0) is 29.8 Å². The number of benzene rings is 1. The van der Waals surface area contributed by atoms with Crippen molar-refractivity contribution >= 4 is 17.6 Å². The zero-order chi connectivity index (χ0) is 14.7. The number of anilines is 1. The molecule has 1 aromatic heterocycles. The van der Waals surface area contributed by atoms with Gasteiger partial charge in [-0.1, -0.05) is 12.0 Å². The van der Waals surface area contributed by atoms with Crippen LogP contribution >= 0.6 is 0 Å². The number of ketones is 1. The van der Waals surface area contributed by atoms with Crippen molar-refractivity contribution < 1.29 is 42.3 Å². The van der Waals surface area contributed by atoms with Crippen molar-refractivity contribution in [1.82, 2.24) is 20.2 Å². The van der Waals surface area contributed by atoms with Crippen LogP contribution in [-0.4, -0.2) is 31.9 Å². The minimum absolute atomic E-state index is 0. The standard InChI is InChI=1S/C13H14N5O2.Y/c1-4-18-13(15-16-17-18)14-12(20)11-7-5-6-10(8(11)2)9(3)19;/h5,7H,4H2,1-3H3,(H,14,15,17,20);/q-1;. The Morgan fingerprint density at radius 2 is 2.14 bits per heavy atom. The second-order valence-corrected chi connectivity index (χ2v) is 4.22. The predicted octanol–water partition coefficient (Wildman–Crippen LogP) is 1.25. The summed E-state index contributed by atoms with van der Waals surface area (Å²) >= 11 is 0. The van der Waals surface area contributed by atoms with E-state index in [2.05, 4.69) is 26.9 Å². The monoisotopic (exact) mass is 361 g/mol. The normalized spacial score (nSPS) is 9.86. The van der Waals surface area contributed by atoms with E-state index in [1.165, 1.54) is 11.6 Å². The number of amides is 1. The molecule has 0 atom stereocenters. The first kappa shape index (κ1) is 17.6. The minimum Gasteiger partial charge on any atom is -0.352 e.